The summed E-state index contributed by atoms with van der Waals surface area (Å²) in [7, 11) is 0. The van der Waals surface area contributed by atoms with Crippen molar-refractivity contribution in [2.24, 2.45) is 76.9 Å². The van der Waals surface area contributed by atoms with Gasteiger partial charge in [-0.15, -0.1) is 0 Å². The Bertz CT molecular complexity index is 699. The van der Waals surface area contributed by atoms with Crippen LogP contribution in [0.2, 0.25) is 0 Å². The van der Waals surface area contributed by atoms with Crippen LogP contribution < -0.4 is 0 Å². The third kappa shape index (κ3) is 1.95. The highest BCUT2D eigenvalue weighted by Crippen LogP contribution is 2.71. The van der Waals surface area contributed by atoms with Crippen LogP contribution in [0, 0.1) is 76.9 Å². The van der Waals surface area contributed by atoms with Crippen LogP contribution in [0.5, 0.6) is 0 Å². The van der Waals surface area contributed by atoms with Crippen LogP contribution in [0.4, 0.5) is 0 Å². The van der Waals surface area contributed by atoms with Crippen molar-refractivity contribution in [2.45, 2.75) is 77.7 Å². The highest BCUT2D eigenvalue weighted by molar-refractivity contribution is 5.74. The maximum atomic E-state index is 13.6. The van der Waals surface area contributed by atoms with E-state index >= 15 is 0 Å². The summed E-state index contributed by atoms with van der Waals surface area (Å²) in [5.41, 5.74) is -0.0798. The lowest BCUT2D eigenvalue weighted by molar-refractivity contribution is -0.211. The lowest BCUT2D eigenvalue weighted by Crippen LogP contribution is -2.58. The summed E-state index contributed by atoms with van der Waals surface area (Å²) in [6.45, 7) is 7.42. The topological polar surface area (TPSA) is 26.3 Å². The van der Waals surface area contributed by atoms with Crippen molar-refractivity contribution >= 4 is 5.97 Å². The fourth-order valence-corrected chi connectivity index (χ4v) is 11.2. The van der Waals surface area contributed by atoms with Gasteiger partial charge in [0.15, 0.2) is 0 Å². The zero-order valence-electron chi connectivity index (χ0n) is 18.0. The van der Waals surface area contributed by atoms with Crippen LogP contribution in [-0.2, 0) is 9.53 Å². The number of carbonyl (C=O) groups excluding carboxylic acids is 1. The Kier molecular flexibility index (Phi) is 3.30. The fraction of sp³-hybridized carbons (Fsp3) is 0.962. The summed E-state index contributed by atoms with van der Waals surface area (Å²) < 4.78 is 6.64. The van der Waals surface area contributed by atoms with E-state index in [4.69, 9.17) is 4.74 Å². The Labute approximate surface area is 170 Å². The maximum Gasteiger partial charge on any atom is 0.309 e. The molecule has 8 rings (SSSR count). The van der Waals surface area contributed by atoms with Gasteiger partial charge < -0.3 is 4.74 Å². The molecule has 8 aliphatic rings. The minimum absolute atomic E-state index is 0.0798. The molecular formula is C26H38O2. The lowest BCUT2D eigenvalue weighted by Gasteiger charge is -2.59. The van der Waals surface area contributed by atoms with Crippen LogP contribution >= 0.6 is 0 Å². The first-order valence-corrected chi connectivity index (χ1v) is 12.7. The predicted octanol–water partition coefficient (Wildman–Crippen LogP) is 5.55. The fourth-order valence-electron chi connectivity index (χ4n) is 11.2. The first-order valence-electron chi connectivity index (χ1n) is 12.7. The van der Waals surface area contributed by atoms with E-state index in [2.05, 4.69) is 20.8 Å². The van der Waals surface area contributed by atoms with E-state index in [0.717, 1.165) is 65.6 Å². The molecule has 0 radical (unpaired) electrons. The van der Waals surface area contributed by atoms with Crippen LogP contribution in [0.3, 0.4) is 0 Å². The van der Waals surface area contributed by atoms with Gasteiger partial charge in [-0.1, -0.05) is 20.8 Å². The van der Waals surface area contributed by atoms with Gasteiger partial charge in [0.05, 0.1) is 5.92 Å². The minimum Gasteiger partial charge on any atom is -0.459 e. The van der Waals surface area contributed by atoms with Gasteiger partial charge in [-0.05, 0) is 122 Å². The summed E-state index contributed by atoms with van der Waals surface area (Å²) in [6, 6.07) is 0. The van der Waals surface area contributed by atoms with Crippen molar-refractivity contribution in [3.05, 3.63) is 0 Å². The Hall–Kier alpha value is -0.530. The molecule has 0 aromatic carbocycles. The average Bonchev–Trinajstić information content (AvgIpc) is 3.39. The highest BCUT2D eigenvalue weighted by atomic mass is 16.6. The highest BCUT2D eigenvalue weighted by Gasteiger charge is 2.67. The van der Waals surface area contributed by atoms with Gasteiger partial charge in [0.25, 0.3) is 0 Å². The molecule has 0 heterocycles. The van der Waals surface area contributed by atoms with E-state index < -0.39 is 0 Å². The van der Waals surface area contributed by atoms with Gasteiger partial charge in [0.1, 0.15) is 5.60 Å². The second-order valence-corrected chi connectivity index (χ2v) is 12.8. The smallest absolute Gasteiger partial charge is 0.309 e. The number of rotatable bonds is 2. The van der Waals surface area contributed by atoms with Crippen molar-refractivity contribution in [3.63, 3.8) is 0 Å². The van der Waals surface area contributed by atoms with Crippen LogP contribution in [-0.4, -0.2) is 11.6 Å². The van der Waals surface area contributed by atoms with E-state index in [9.17, 15) is 4.79 Å². The first kappa shape index (κ1) is 17.2. The second-order valence-electron chi connectivity index (χ2n) is 12.8. The molecule has 8 fully saturated rings. The maximum absolute atomic E-state index is 13.6. The molecule has 0 saturated heterocycles. The van der Waals surface area contributed by atoms with Gasteiger partial charge in [-0.25, -0.2) is 0 Å². The third-order valence-corrected chi connectivity index (χ3v) is 12.2. The van der Waals surface area contributed by atoms with Crippen molar-refractivity contribution in [2.75, 3.05) is 0 Å². The molecule has 8 aliphatic carbocycles. The molecule has 0 aromatic heterocycles. The zero-order chi connectivity index (χ0) is 18.9. The summed E-state index contributed by atoms with van der Waals surface area (Å²) >= 11 is 0. The summed E-state index contributed by atoms with van der Waals surface area (Å²) in [5.74, 6) is 10.6. The van der Waals surface area contributed by atoms with Crippen LogP contribution in [0.15, 0.2) is 0 Å². The Morgan fingerprint density at radius 2 is 1.43 bits per heavy atom. The summed E-state index contributed by atoms with van der Waals surface area (Å²) in [4.78, 5) is 13.6. The molecule has 0 spiro atoms. The summed E-state index contributed by atoms with van der Waals surface area (Å²) in [6.07, 6.45) is 10.6. The molecule has 154 valence electrons. The van der Waals surface area contributed by atoms with E-state index in [0.29, 0.717) is 11.8 Å². The molecule has 0 aromatic rings. The monoisotopic (exact) mass is 382 g/mol. The van der Waals surface area contributed by atoms with Crippen LogP contribution in [0.25, 0.3) is 0 Å². The number of carbonyl (C=O) groups is 1. The van der Waals surface area contributed by atoms with Crippen LogP contribution in [0.1, 0.15) is 72.1 Å². The Morgan fingerprint density at radius 3 is 2.14 bits per heavy atom. The first-order chi connectivity index (χ1) is 13.4. The quantitative estimate of drug-likeness (QED) is 0.462. The van der Waals surface area contributed by atoms with Crippen molar-refractivity contribution < 1.29 is 9.53 Å². The van der Waals surface area contributed by atoms with Gasteiger partial charge >= 0.3 is 5.97 Å². The largest absolute Gasteiger partial charge is 0.459 e. The van der Waals surface area contributed by atoms with Gasteiger partial charge in [0.2, 0.25) is 0 Å². The molecule has 28 heavy (non-hydrogen) atoms. The molecule has 2 nitrogen and oxygen atoms in total. The molecule has 12 unspecified atom stereocenters. The molecule has 8 bridgehead atoms. The zero-order valence-corrected chi connectivity index (χ0v) is 18.0. The Morgan fingerprint density at radius 1 is 0.750 bits per heavy atom. The molecule has 12 atom stereocenters. The lowest BCUT2D eigenvalue weighted by atomic mass is 9.50. The number of hydrogen-bond donors (Lipinski definition) is 0. The molecule has 0 N–H and O–H groups in total. The normalized spacial score (nSPS) is 65.2. The number of fused-ring (bicyclic) bond motifs is 9. The second kappa shape index (κ2) is 5.38. The van der Waals surface area contributed by atoms with E-state index in [1.165, 1.54) is 44.9 Å². The van der Waals surface area contributed by atoms with E-state index in [-0.39, 0.29) is 17.5 Å². The predicted molar refractivity (Wildman–Crippen MR) is 108 cm³/mol. The minimum atomic E-state index is -0.0798. The molecule has 8 saturated carbocycles. The van der Waals surface area contributed by atoms with E-state index in [1.807, 2.05) is 0 Å². The van der Waals surface area contributed by atoms with E-state index in [1.54, 1.807) is 0 Å². The van der Waals surface area contributed by atoms with Crippen molar-refractivity contribution in [1.29, 1.82) is 0 Å². The molecule has 0 amide bonds. The molecule has 0 aliphatic heterocycles. The number of esters is 1. The Balaban J connectivity index is 1.13. The number of ether oxygens (including phenoxy) is 1. The molecular weight excluding hydrogens is 344 g/mol. The number of hydrogen-bond acceptors (Lipinski definition) is 2. The van der Waals surface area contributed by atoms with Gasteiger partial charge in [-0.2, -0.15) is 0 Å². The SMILES string of the molecule is CC1C(C)C2CC1C1C3CC(C(=O)OC45CC6CC(CC(C6)C4C)C5)C(C3)C21. The van der Waals surface area contributed by atoms with Crippen molar-refractivity contribution in [1.82, 2.24) is 0 Å². The van der Waals surface area contributed by atoms with Gasteiger partial charge in [-0.3, -0.25) is 4.79 Å². The summed E-state index contributed by atoms with van der Waals surface area (Å²) in [5, 5.41) is 0. The average molecular weight is 383 g/mol. The third-order valence-electron chi connectivity index (χ3n) is 12.2. The van der Waals surface area contributed by atoms with Crippen molar-refractivity contribution in [3.8, 4) is 0 Å². The standard InChI is InChI=1S/C26H38O2/c1-12-13(2)20-9-19(12)23-18-7-21(24(20)23)22(8-18)25(27)28-26-10-15-4-16(11-26)6-17(5-15)14(26)3/h12-24H,4-11H2,1-3H3. The van der Waals surface area contributed by atoms with Gasteiger partial charge in [0, 0.05) is 0 Å². The molecule has 2 heteroatoms.